The molecule has 3 heterocycles. The second kappa shape index (κ2) is 11.6. The maximum absolute atomic E-state index is 11.1. The van der Waals surface area contributed by atoms with Gasteiger partial charge in [0.25, 0.3) is 0 Å². The molecule has 2 aliphatic heterocycles. The summed E-state index contributed by atoms with van der Waals surface area (Å²) in [4.78, 5) is 20.9. The molecule has 1 aromatic heterocycles. The number of hydrogen-bond donors (Lipinski definition) is 0. The van der Waals surface area contributed by atoms with Gasteiger partial charge in [-0.2, -0.15) is 0 Å². The third kappa shape index (κ3) is 5.98. The van der Waals surface area contributed by atoms with E-state index >= 15 is 0 Å². The van der Waals surface area contributed by atoms with Gasteiger partial charge < -0.3 is 14.4 Å². The van der Waals surface area contributed by atoms with Gasteiger partial charge in [-0.3, -0.25) is 4.90 Å². The minimum Gasteiger partial charge on any atom is -0.488 e. The van der Waals surface area contributed by atoms with E-state index < -0.39 is 0 Å². The smallest absolute Gasteiger partial charge is 0.185 e. The normalized spacial score (nSPS) is 17.3. The number of benzene rings is 2. The molecule has 0 amide bonds. The van der Waals surface area contributed by atoms with Crippen molar-refractivity contribution in [1.29, 1.82) is 0 Å². The summed E-state index contributed by atoms with van der Waals surface area (Å²) < 4.78 is 6.39. The third-order valence-electron chi connectivity index (χ3n) is 7.55. The van der Waals surface area contributed by atoms with Gasteiger partial charge in [-0.1, -0.05) is 36.2 Å². The van der Waals surface area contributed by atoms with Gasteiger partial charge in [0.2, 0.25) is 0 Å². The van der Waals surface area contributed by atoms with Gasteiger partial charge in [0.1, 0.15) is 18.6 Å². The van der Waals surface area contributed by atoms with Crippen LogP contribution >= 0.6 is 11.3 Å². The zero-order chi connectivity index (χ0) is 24.9. The van der Waals surface area contributed by atoms with Crippen LogP contribution in [-0.4, -0.2) is 42.3 Å². The predicted octanol–water partition coefficient (Wildman–Crippen LogP) is 6.41. The summed E-state index contributed by atoms with van der Waals surface area (Å²) >= 11 is 1.67. The average Bonchev–Trinajstić information content (AvgIpc) is 3.40. The van der Waals surface area contributed by atoms with Crippen LogP contribution in [0.15, 0.2) is 41.8 Å². The molecule has 5 nitrogen and oxygen atoms in total. The number of aryl methyl sites for hydroxylation is 2. The second-order valence-corrected chi connectivity index (χ2v) is 11.2. The summed E-state index contributed by atoms with van der Waals surface area (Å²) in [7, 11) is 0. The number of thiazole rings is 1. The number of rotatable bonds is 8. The SMILES string of the molecule is Cc1ccc(OCc2ccc(CN3CCCCC3)cc2C)c(-c2csc(N3CCC(C=O)CC3)n2)c1. The number of aromatic nitrogens is 1. The van der Waals surface area contributed by atoms with Crippen molar-refractivity contribution in [2.24, 2.45) is 5.92 Å². The molecule has 190 valence electrons. The van der Waals surface area contributed by atoms with E-state index in [0.717, 1.165) is 60.9 Å². The molecule has 0 bridgehead atoms. The van der Waals surface area contributed by atoms with Crippen molar-refractivity contribution >= 4 is 22.8 Å². The van der Waals surface area contributed by atoms with Crippen molar-refractivity contribution in [3.05, 3.63) is 64.0 Å². The lowest BCUT2D eigenvalue weighted by atomic mass is 9.99. The Hall–Kier alpha value is -2.70. The zero-order valence-corrected chi connectivity index (χ0v) is 22.4. The number of nitrogens with zero attached hydrogens (tertiary/aromatic N) is 3. The van der Waals surface area contributed by atoms with Crippen LogP contribution in [-0.2, 0) is 17.9 Å². The lowest BCUT2D eigenvalue weighted by molar-refractivity contribution is -0.111. The Kier molecular flexibility index (Phi) is 8.02. The minimum absolute atomic E-state index is 0.194. The van der Waals surface area contributed by atoms with E-state index in [4.69, 9.17) is 9.72 Å². The van der Waals surface area contributed by atoms with Crippen molar-refractivity contribution in [1.82, 2.24) is 9.88 Å². The van der Waals surface area contributed by atoms with Crippen LogP contribution in [0.4, 0.5) is 5.13 Å². The Morgan fingerprint density at radius 2 is 1.83 bits per heavy atom. The van der Waals surface area contributed by atoms with Crippen molar-refractivity contribution in [2.45, 2.75) is 59.1 Å². The van der Waals surface area contributed by atoms with E-state index in [1.54, 1.807) is 11.3 Å². The molecule has 36 heavy (non-hydrogen) atoms. The molecule has 5 rings (SSSR count). The van der Waals surface area contributed by atoms with Gasteiger partial charge >= 0.3 is 0 Å². The van der Waals surface area contributed by atoms with Gasteiger partial charge in [-0.05, 0) is 81.4 Å². The Bertz CT molecular complexity index is 1180. The fraction of sp³-hybridized carbons (Fsp3) is 0.467. The number of carbonyl (C=O) groups is 1. The van der Waals surface area contributed by atoms with E-state index in [9.17, 15) is 4.79 Å². The summed E-state index contributed by atoms with van der Waals surface area (Å²) in [6.07, 6.45) is 6.94. The monoisotopic (exact) mass is 503 g/mol. The molecule has 0 aliphatic carbocycles. The fourth-order valence-corrected chi connectivity index (χ4v) is 6.16. The van der Waals surface area contributed by atoms with Gasteiger partial charge in [-0.25, -0.2) is 4.98 Å². The summed E-state index contributed by atoms with van der Waals surface area (Å²) in [5, 5.41) is 3.16. The molecular formula is C30H37N3O2S. The summed E-state index contributed by atoms with van der Waals surface area (Å²) in [6.45, 7) is 10.1. The molecule has 0 N–H and O–H groups in total. The van der Waals surface area contributed by atoms with Crippen LogP contribution in [0.5, 0.6) is 5.75 Å². The second-order valence-electron chi connectivity index (χ2n) is 10.4. The number of carbonyl (C=O) groups excluding carboxylic acids is 1. The van der Waals surface area contributed by atoms with E-state index in [2.05, 4.69) is 65.4 Å². The van der Waals surface area contributed by atoms with Crippen LogP contribution < -0.4 is 9.64 Å². The van der Waals surface area contributed by atoms with Gasteiger partial charge in [-0.15, -0.1) is 11.3 Å². The molecule has 3 aromatic rings. The van der Waals surface area contributed by atoms with E-state index in [1.165, 1.54) is 54.6 Å². The Balaban J connectivity index is 1.27. The quantitative estimate of drug-likeness (QED) is 0.333. The highest BCUT2D eigenvalue weighted by Gasteiger charge is 2.22. The topological polar surface area (TPSA) is 45.7 Å². The molecule has 0 atom stereocenters. The molecule has 2 fully saturated rings. The van der Waals surface area contributed by atoms with E-state index in [-0.39, 0.29) is 5.92 Å². The molecule has 0 unspecified atom stereocenters. The van der Waals surface area contributed by atoms with Crippen LogP contribution in [0.3, 0.4) is 0 Å². The van der Waals surface area contributed by atoms with Crippen LogP contribution in [0, 0.1) is 19.8 Å². The van der Waals surface area contributed by atoms with Crippen LogP contribution in [0.1, 0.15) is 54.4 Å². The average molecular weight is 504 g/mol. The highest BCUT2D eigenvalue weighted by molar-refractivity contribution is 7.14. The highest BCUT2D eigenvalue weighted by atomic mass is 32.1. The van der Waals surface area contributed by atoms with Gasteiger partial charge in [0, 0.05) is 36.5 Å². The molecule has 0 radical (unpaired) electrons. The fourth-order valence-electron chi connectivity index (χ4n) is 5.28. The van der Waals surface area contributed by atoms with E-state index in [1.807, 2.05) is 0 Å². The van der Waals surface area contributed by atoms with Crippen molar-refractivity contribution in [3.8, 4) is 17.0 Å². The summed E-state index contributed by atoms with van der Waals surface area (Å²) in [6, 6.07) is 13.2. The van der Waals surface area contributed by atoms with Gasteiger partial charge in [0.15, 0.2) is 5.13 Å². The largest absolute Gasteiger partial charge is 0.488 e. The predicted molar refractivity (Wildman–Crippen MR) is 148 cm³/mol. The lowest BCUT2D eigenvalue weighted by Crippen LogP contribution is -2.33. The number of ether oxygens (including phenoxy) is 1. The van der Waals surface area contributed by atoms with E-state index in [0.29, 0.717) is 6.61 Å². The summed E-state index contributed by atoms with van der Waals surface area (Å²) in [5.74, 6) is 1.06. The first kappa shape index (κ1) is 25.0. The molecule has 2 aliphatic rings. The number of aldehydes is 1. The maximum Gasteiger partial charge on any atom is 0.185 e. The molecule has 2 aromatic carbocycles. The van der Waals surface area contributed by atoms with Crippen molar-refractivity contribution in [2.75, 3.05) is 31.1 Å². The highest BCUT2D eigenvalue weighted by Crippen LogP contribution is 2.36. The first-order chi connectivity index (χ1) is 17.6. The van der Waals surface area contributed by atoms with Crippen molar-refractivity contribution in [3.63, 3.8) is 0 Å². The van der Waals surface area contributed by atoms with Crippen LogP contribution in [0.25, 0.3) is 11.3 Å². The van der Waals surface area contributed by atoms with Crippen LogP contribution in [0.2, 0.25) is 0 Å². The molecule has 2 saturated heterocycles. The molecular weight excluding hydrogens is 466 g/mol. The van der Waals surface area contributed by atoms with Crippen molar-refractivity contribution < 1.29 is 9.53 Å². The third-order valence-corrected chi connectivity index (χ3v) is 8.45. The molecule has 6 heteroatoms. The Labute approximate surface area is 219 Å². The molecule has 0 saturated carbocycles. The minimum atomic E-state index is 0.194. The van der Waals surface area contributed by atoms with Gasteiger partial charge in [0.05, 0.1) is 5.69 Å². The molecule has 0 spiro atoms. The maximum atomic E-state index is 11.1. The zero-order valence-electron chi connectivity index (χ0n) is 21.5. The number of piperidine rings is 2. The number of likely N-dealkylation sites (tertiary alicyclic amines) is 1. The number of hydrogen-bond acceptors (Lipinski definition) is 6. The Morgan fingerprint density at radius 1 is 1.03 bits per heavy atom. The summed E-state index contributed by atoms with van der Waals surface area (Å²) in [5.41, 5.74) is 7.09. The standard InChI is InChI=1S/C30H37N3O2S/c1-22-6-9-29(27(16-22)28-21-36-30(31-28)33-14-10-24(19-34)11-15-33)35-20-26-8-7-25(17-23(26)2)18-32-12-4-3-5-13-32/h6-9,16-17,19,21,24H,3-5,10-15,18,20H2,1-2H3. The first-order valence-corrected chi connectivity index (χ1v) is 14.2. The first-order valence-electron chi connectivity index (χ1n) is 13.3. The number of anilines is 1. The Morgan fingerprint density at radius 3 is 2.58 bits per heavy atom. The lowest BCUT2D eigenvalue weighted by Gasteiger charge is -2.29.